The fraction of sp³-hybridized carbons (Fsp3) is 0.765. The van der Waals surface area contributed by atoms with E-state index in [0.717, 1.165) is 62.5 Å². The third kappa shape index (κ3) is 8.65. The molecular formula is C51H78N4O8. The van der Waals surface area contributed by atoms with Crippen LogP contribution in [0.25, 0.3) is 0 Å². The zero-order valence-electron chi connectivity index (χ0n) is 40.8. The van der Waals surface area contributed by atoms with Crippen molar-refractivity contribution in [2.24, 2.45) is 56.2 Å². The summed E-state index contributed by atoms with van der Waals surface area (Å²) in [5.74, 6) is -0.566. The topological polar surface area (TPSA) is 147 Å². The molecule has 6 rings (SSSR count). The number of ketones is 1. The van der Waals surface area contributed by atoms with E-state index in [2.05, 4.69) is 58.4 Å². The van der Waals surface area contributed by atoms with E-state index in [0.29, 0.717) is 31.3 Å². The van der Waals surface area contributed by atoms with E-state index in [-0.39, 0.29) is 76.8 Å². The number of allylic oxidation sites excluding steroid dienone is 1. The number of esters is 1. The van der Waals surface area contributed by atoms with Gasteiger partial charge in [-0.2, -0.15) is 0 Å². The maximum atomic E-state index is 14.7. The number of carboxylic acid groups (broad SMARTS) is 1. The molecule has 350 valence electrons. The van der Waals surface area contributed by atoms with Crippen molar-refractivity contribution in [1.29, 1.82) is 0 Å². The van der Waals surface area contributed by atoms with Gasteiger partial charge in [-0.3, -0.25) is 33.9 Å². The first kappa shape index (κ1) is 48.8. The van der Waals surface area contributed by atoms with Gasteiger partial charge in [0.05, 0.1) is 24.5 Å². The Kier molecular flexibility index (Phi) is 13.7. The number of carbonyl (C=O) groups is 5. The van der Waals surface area contributed by atoms with Gasteiger partial charge in [-0.05, 0) is 122 Å². The van der Waals surface area contributed by atoms with E-state index in [1.807, 2.05) is 18.3 Å². The van der Waals surface area contributed by atoms with E-state index in [1.165, 1.54) is 5.57 Å². The predicted molar refractivity (Wildman–Crippen MR) is 242 cm³/mol. The highest BCUT2D eigenvalue weighted by Crippen LogP contribution is 2.77. The smallest absolute Gasteiger partial charge is 0.309 e. The second-order valence-corrected chi connectivity index (χ2v) is 23.0. The van der Waals surface area contributed by atoms with Crippen LogP contribution in [-0.4, -0.2) is 114 Å². The summed E-state index contributed by atoms with van der Waals surface area (Å²) in [6, 6.07) is 3.91. The molecule has 1 N–H and O–H groups in total. The van der Waals surface area contributed by atoms with E-state index < -0.39 is 28.9 Å². The van der Waals surface area contributed by atoms with E-state index in [1.54, 1.807) is 58.0 Å². The number of fused-ring (bicyclic) bond motifs is 7. The van der Waals surface area contributed by atoms with Crippen LogP contribution >= 0.6 is 0 Å². The van der Waals surface area contributed by atoms with Crippen molar-refractivity contribution in [2.75, 3.05) is 47.9 Å². The Balaban J connectivity index is 1.36. The fourth-order valence-corrected chi connectivity index (χ4v) is 14.1. The first-order valence-electron chi connectivity index (χ1n) is 23.6. The van der Waals surface area contributed by atoms with Crippen LogP contribution in [0.2, 0.25) is 0 Å². The number of carbonyl (C=O) groups excluding carboxylic acids is 4. The van der Waals surface area contributed by atoms with Gasteiger partial charge in [0.2, 0.25) is 11.8 Å². The molecular weight excluding hydrogens is 797 g/mol. The summed E-state index contributed by atoms with van der Waals surface area (Å²) >= 11 is 0. The van der Waals surface area contributed by atoms with Gasteiger partial charge >= 0.3 is 11.9 Å². The van der Waals surface area contributed by atoms with Gasteiger partial charge in [0.1, 0.15) is 12.7 Å². The van der Waals surface area contributed by atoms with Gasteiger partial charge in [-0.15, -0.1) is 0 Å². The number of likely N-dealkylation sites (N-methyl/N-ethyl adjacent to an activating group) is 2. The Morgan fingerprint density at radius 1 is 0.889 bits per heavy atom. The number of Topliss-reactive ketones (excluding diaryl/α,β-unsaturated/α-hetero) is 1. The van der Waals surface area contributed by atoms with Crippen LogP contribution in [0.15, 0.2) is 35.7 Å². The summed E-state index contributed by atoms with van der Waals surface area (Å²) in [6.07, 6.45) is 10.2. The second kappa shape index (κ2) is 17.6. The Morgan fingerprint density at radius 2 is 1.57 bits per heavy atom. The van der Waals surface area contributed by atoms with Crippen LogP contribution in [0.3, 0.4) is 0 Å². The monoisotopic (exact) mass is 875 g/mol. The number of aromatic nitrogens is 1. The van der Waals surface area contributed by atoms with E-state index in [4.69, 9.17) is 9.47 Å². The Morgan fingerprint density at radius 3 is 2.17 bits per heavy atom. The molecule has 12 nitrogen and oxygen atoms in total. The minimum absolute atomic E-state index is 0.00697. The normalized spacial score (nSPS) is 32.9. The van der Waals surface area contributed by atoms with Crippen molar-refractivity contribution in [1.82, 2.24) is 19.7 Å². The van der Waals surface area contributed by atoms with Crippen LogP contribution < -0.4 is 0 Å². The lowest BCUT2D eigenvalue weighted by atomic mass is 9.33. The molecule has 4 fully saturated rings. The number of amides is 2. The summed E-state index contributed by atoms with van der Waals surface area (Å²) in [4.78, 5) is 76.2. The number of aliphatic carboxylic acids is 1. The molecule has 1 heterocycles. The number of pyridine rings is 1. The lowest BCUT2D eigenvalue weighted by Gasteiger charge is -2.72. The highest BCUT2D eigenvalue weighted by atomic mass is 16.5. The van der Waals surface area contributed by atoms with Crippen LogP contribution in [-0.2, 0) is 40.0 Å². The van der Waals surface area contributed by atoms with Crippen molar-refractivity contribution < 1.29 is 38.6 Å². The fourth-order valence-electron chi connectivity index (χ4n) is 14.1. The van der Waals surface area contributed by atoms with E-state index in [9.17, 15) is 29.1 Å². The molecule has 5 aliphatic rings. The van der Waals surface area contributed by atoms with Gasteiger partial charge in [0.25, 0.3) is 0 Å². The van der Waals surface area contributed by atoms with Crippen LogP contribution in [0.1, 0.15) is 132 Å². The Bertz CT molecular complexity index is 1960. The molecule has 5 aliphatic carbocycles. The third-order valence-corrected chi connectivity index (χ3v) is 17.8. The number of carboxylic acids is 1. The number of ether oxygens (including phenoxy) is 2. The molecule has 9 atom stereocenters. The molecule has 0 saturated heterocycles. The summed E-state index contributed by atoms with van der Waals surface area (Å²) in [5, 5.41) is 9.70. The average Bonchev–Trinajstić information content (AvgIpc) is 3.50. The first-order valence-corrected chi connectivity index (χ1v) is 23.6. The Labute approximate surface area is 377 Å². The highest BCUT2D eigenvalue weighted by Gasteiger charge is 2.71. The van der Waals surface area contributed by atoms with Gasteiger partial charge in [-0.25, -0.2) is 0 Å². The number of hydrogen-bond donors (Lipinski definition) is 1. The molecule has 4 saturated carbocycles. The lowest BCUT2D eigenvalue weighted by molar-refractivity contribution is -0.236. The molecule has 2 amide bonds. The predicted octanol–water partition coefficient (Wildman–Crippen LogP) is 7.84. The maximum absolute atomic E-state index is 14.7. The summed E-state index contributed by atoms with van der Waals surface area (Å²) in [6.45, 7) is 20.4. The van der Waals surface area contributed by atoms with Crippen molar-refractivity contribution >= 4 is 29.5 Å². The Hall–Kier alpha value is -3.64. The molecule has 0 spiro atoms. The minimum Gasteiger partial charge on any atom is -0.481 e. The van der Waals surface area contributed by atoms with Crippen molar-refractivity contribution in [3.63, 3.8) is 0 Å². The third-order valence-electron chi connectivity index (χ3n) is 17.8. The summed E-state index contributed by atoms with van der Waals surface area (Å²) in [5.41, 5.74) is 0.867. The standard InChI is InChI=1S/C51H78N4O8/c1-32(2)43-35(56)25-51(39(62-31-41(58)54(12)13)29-55(30-40(57)53(10)11)28-33-15-14-24-52-27-33)23-22-49(8)34(44(43)51)16-17-37-48(7)20-19-38(63-42(59)26-46(3,4)45(60)61)47(5,6)36(48)18-21-50(37,49)9/h14-15,24,27,32,34,36-39H,16-23,25-26,28-31H2,1-13H3,(H,60,61)/t34-,36+,37-,38+,39?,48+,49-,50-,51?/m1/s1. The number of rotatable bonds is 15. The van der Waals surface area contributed by atoms with Crippen LogP contribution in [0.5, 0.6) is 0 Å². The summed E-state index contributed by atoms with van der Waals surface area (Å²) in [7, 11) is 6.99. The van der Waals surface area contributed by atoms with Gasteiger partial charge in [0.15, 0.2) is 5.78 Å². The molecule has 12 heteroatoms. The number of hydrogen-bond acceptors (Lipinski definition) is 9. The quantitative estimate of drug-likeness (QED) is 0.173. The van der Waals surface area contributed by atoms with Gasteiger partial charge < -0.3 is 24.4 Å². The zero-order chi connectivity index (χ0) is 46.7. The number of nitrogens with zero attached hydrogens (tertiary/aromatic N) is 4. The molecule has 63 heavy (non-hydrogen) atoms. The largest absolute Gasteiger partial charge is 0.481 e. The summed E-state index contributed by atoms with van der Waals surface area (Å²) < 4.78 is 13.1. The average molecular weight is 875 g/mol. The first-order chi connectivity index (χ1) is 29.2. The van der Waals surface area contributed by atoms with Crippen LogP contribution in [0, 0.1) is 56.2 Å². The second-order valence-electron chi connectivity index (χ2n) is 23.0. The van der Waals surface area contributed by atoms with Crippen molar-refractivity contribution in [3.8, 4) is 0 Å². The van der Waals surface area contributed by atoms with Gasteiger partial charge in [0, 0.05) is 70.9 Å². The lowest BCUT2D eigenvalue weighted by Crippen LogP contribution is -2.66. The molecule has 0 aromatic carbocycles. The molecule has 0 radical (unpaired) electrons. The van der Waals surface area contributed by atoms with E-state index >= 15 is 0 Å². The zero-order valence-corrected chi connectivity index (χ0v) is 40.8. The molecule has 1 aromatic heterocycles. The van der Waals surface area contributed by atoms with Crippen LogP contribution in [0.4, 0.5) is 0 Å². The maximum Gasteiger partial charge on any atom is 0.309 e. The molecule has 2 unspecified atom stereocenters. The van der Waals surface area contributed by atoms with Crippen molar-refractivity contribution in [2.45, 2.75) is 145 Å². The molecule has 0 bridgehead atoms. The van der Waals surface area contributed by atoms with Crippen molar-refractivity contribution in [3.05, 3.63) is 41.2 Å². The van der Waals surface area contributed by atoms with Gasteiger partial charge in [-0.1, -0.05) is 60.1 Å². The molecule has 0 aliphatic heterocycles. The SMILES string of the molecule is CC(C)C1=C2[C@H]3CC[C@@H]4[C@@]5(C)CC[C@H](OC(=O)CC(C)(C)C(=O)O)C(C)(C)[C@@H]5CC[C@@]4(C)[C@]3(C)CCC2(C(CN(CC(=O)N(C)C)Cc2cccnc2)OCC(=O)N(C)C)CC1=O. The molecule has 1 aromatic rings. The highest BCUT2D eigenvalue weighted by molar-refractivity contribution is 6.01. The minimum atomic E-state index is -1.20.